The SMILES string of the molecule is O=C(/C=C/c1ccc(-c2ccccc2)s1)Nc1nccs1. The molecule has 104 valence electrons. The predicted molar refractivity (Wildman–Crippen MR) is 89.5 cm³/mol. The van der Waals surface area contributed by atoms with Crippen molar-refractivity contribution in [2.45, 2.75) is 0 Å². The van der Waals surface area contributed by atoms with E-state index < -0.39 is 0 Å². The molecule has 2 aromatic heterocycles. The number of rotatable bonds is 4. The van der Waals surface area contributed by atoms with Crippen LogP contribution in [0.2, 0.25) is 0 Å². The molecule has 0 bridgehead atoms. The van der Waals surface area contributed by atoms with Crippen molar-refractivity contribution in [3.8, 4) is 10.4 Å². The third-order valence-electron chi connectivity index (χ3n) is 2.75. The van der Waals surface area contributed by atoms with Gasteiger partial charge in [-0.3, -0.25) is 10.1 Å². The molecule has 3 aromatic rings. The lowest BCUT2D eigenvalue weighted by Crippen LogP contribution is -2.06. The lowest BCUT2D eigenvalue weighted by atomic mass is 10.2. The number of nitrogens with zero attached hydrogens (tertiary/aromatic N) is 1. The molecule has 3 nitrogen and oxygen atoms in total. The quantitative estimate of drug-likeness (QED) is 0.719. The monoisotopic (exact) mass is 312 g/mol. The molecule has 21 heavy (non-hydrogen) atoms. The summed E-state index contributed by atoms with van der Waals surface area (Å²) < 4.78 is 0. The summed E-state index contributed by atoms with van der Waals surface area (Å²) in [5.74, 6) is -0.167. The second kappa shape index (κ2) is 6.47. The number of carbonyl (C=O) groups excluding carboxylic acids is 1. The van der Waals surface area contributed by atoms with Gasteiger partial charge in [0.25, 0.3) is 0 Å². The van der Waals surface area contributed by atoms with Crippen LogP contribution in [0.4, 0.5) is 5.13 Å². The number of hydrogen-bond donors (Lipinski definition) is 1. The summed E-state index contributed by atoms with van der Waals surface area (Å²) in [5.41, 5.74) is 1.19. The molecular weight excluding hydrogens is 300 g/mol. The van der Waals surface area contributed by atoms with Gasteiger partial charge in [-0.05, 0) is 23.8 Å². The van der Waals surface area contributed by atoms with E-state index in [1.54, 1.807) is 17.5 Å². The Balaban J connectivity index is 1.67. The first kappa shape index (κ1) is 13.7. The first-order chi connectivity index (χ1) is 10.3. The van der Waals surface area contributed by atoms with Crippen LogP contribution in [-0.2, 0) is 4.79 Å². The number of carbonyl (C=O) groups is 1. The minimum atomic E-state index is -0.167. The molecule has 0 atom stereocenters. The van der Waals surface area contributed by atoms with Gasteiger partial charge in [-0.15, -0.1) is 22.7 Å². The Morgan fingerprint density at radius 3 is 2.76 bits per heavy atom. The second-order valence-corrected chi connectivity index (χ2v) is 6.24. The highest BCUT2D eigenvalue weighted by Crippen LogP contribution is 2.28. The fraction of sp³-hybridized carbons (Fsp3) is 0. The van der Waals surface area contributed by atoms with E-state index in [9.17, 15) is 4.79 Å². The van der Waals surface area contributed by atoms with Crippen molar-refractivity contribution < 1.29 is 4.79 Å². The summed E-state index contributed by atoms with van der Waals surface area (Å²) in [4.78, 5) is 18.0. The lowest BCUT2D eigenvalue weighted by Gasteiger charge is -1.95. The summed E-state index contributed by atoms with van der Waals surface area (Å²) in [7, 11) is 0. The van der Waals surface area contributed by atoms with Gasteiger partial charge < -0.3 is 0 Å². The molecule has 0 aliphatic carbocycles. The average molecular weight is 312 g/mol. The van der Waals surface area contributed by atoms with Gasteiger partial charge in [-0.1, -0.05) is 30.3 Å². The van der Waals surface area contributed by atoms with E-state index >= 15 is 0 Å². The summed E-state index contributed by atoms with van der Waals surface area (Å²) in [5, 5.41) is 5.15. The highest BCUT2D eigenvalue weighted by Gasteiger charge is 2.02. The molecule has 2 heterocycles. The van der Waals surface area contributed by atoms with E-state index in [4.69, 9.17) is 0 Å². The molecule has 1 amide bonds. The van der Waals surface area contributed by atoms with Crippen LogP contribution in [0.5, 0.6) is 0 Å². The van der Waals surface area contributed by atoms with Crippen LogP contribution in [0.1, 0.15) is 4.88 Å². The van der Waals surface area contributed by atoms with Crippen LogP contribution < -0.4 is 5.32 Å². The molecular formula is C16H12N2OS2. The number of nitrogens with one attached hydrogen (secondary N) is 1. The minimum absolute atomic E-state index is 0.167. The normalized spacial score (nSPS) is 10.9. The van der Waals surface area contributed by atoms with Crippen molar-refractivity contribution in [1.82, 2.24) is 4.98 Å². The number of amides is 1. The number of thiophene rings is 1. The summed E-state index contributed by atoms with van der Waals surface area (Å²) in [6.07, 6.45) is 5.01. The van der Waals surface area contributed by atoms with E-state index in [-0.39, 0.29) is 5.91 Å². The average Bonchev–Trinajstić information content (AvgIpc) is 3.17. The highest BCUT2D eigenvalue weighted by atomic mass is 32.1. The van der Waals surface area contributed by atoms with Crippen LogP contribution in [0, 0.1) is 0 Å². The summed E-state index contributed by atoms with van der Waals surface area (Å²) >= 11 is 3.06. The van der Waals surface area contributed by atoms with Crippen molar-refractivity contribution in [3.63, 3.8) is 0 Å². The molecule has 0 radical (unpaired) electrons. The van der Waals surface area contributed by atoms with E-state index in [2.05, 4.69) is 28.5 Å². The van der Waals surface area contributed by atoms with Gasteiger partial charge in [0.15, 0.2) is 5.13 Å². The molecule has 5 heteroatoms. The Morgan fingerprint density at radius 2 is 2.00 bits per heavy atom. The van der Waals surface area contributed by atoms with Crippen molar-refractivity contribution in [2.75, 3.05) is 5.32 Å². The van der Waals surface area contributed by atoms with Crippen LogP contribution in [-0.4, -0.2) is 10.9 Å². The smallest absolute Gasteiger partial charge is 0.250 e. The molecule has 1 N–H and O–H groups in total. The fourth-order valence-electron chi connectivity index (χ4n) is 1.79. The summed E-state index contributed by atoms with van der Waals surface area (Å²) in [6.45, 7) is 0. The number of anilines is 1. The standard InChI is InChI=1S/C16H12N2OS2/c19-15(18-16-17-10-11-20-16)9-7-13-6-8-14(21-13)12-4-2-1-3-5-12/h1-11H,(H,17,18,19)/b9-7+. The molecule has 0 saturated heterocycles. The molecule has 1 aromatic carbocycles. The van der Waals surface area contributed by atoms with Gasteiger partial charge >= 0.3 is 0 Å². The third kappa shape index (κ3) is 3.65. The van der Waals surface area contributed by atoms with E-state index in [1.807, 2.05) is 35.7 Å². The zero-order valence-electron chi connectivity index (χ0n) is 11.0. The Morgan fingerprint density at radius 1 is 1.14 bits per heavy atom. The van der Waals surface area contributed by atoms with Crippen LogP contribution >= 0.6 is 22.7 Å². The van der Waals surface area contributed by atoms with Crippen molar-refractivity contribution in [3.05, 3.63) is 65.0 Å². The van der Waals surface area contributed by atoms with Gasteiger partial charge in [0, 0.05) is 27.4 Å². The molecule has 0 spiro atoms. The largest absolute Gasteiger partial charge is 0.298 e. The maximum absolute atomic E-state index is 11.7. The maximum atomic E-state index is 11.7. The maximum Gasteiger partial charge on any atom is 0.250 e. The third-order valence-corrected chi connectivity index (χ3v) is 4.53. The fourth-order valence-corrected chi connectivity index (χ4v) is 3.24. The number of benzene rings is 1. The number of hydrogen-bond acceptors (Lipinski definition) is 4. The zero-order chi connectivity index (χ0) is 14.5. The van der Waals surface area contributed by atoms with Crippen LogP contribution in [0.15, 0.2) is 60.1 Å². The zero-order valence-corrected chi connectivity index (χ0v) is 12.7. The molecule has 0 unspecified atom stereocenters. The Kier molecular flexibility index (Phi) is 4.23. The van der Waals surface area contributed by atoms with Gasteiger partial charge in [0.2, 0.25) is 5.91 Å². The van der Waals surface area contributed by atoms with Gasteiger partial charge in [0.05, 0.1) is 0 Å². The Bertz CT molecular complexity index is 746. The molecule has 0 saturated carbocycles. The Labute approximate surface area is 130 Å². The van der Waals surface area contributed by atoms with Gasteiger partial charge in [-0.25, -0.2) is 4.98 Å². The number of aromatic nitrogens is 1. The molecule has 0 aliphatic heterocycles. The van der Waals surface area contributed by atoms with Crippen molar-refractivity contribution in [2.24, 2.45) is 0 Å². The van der Waals surface area contributed by atoms with E-state index in [1.165, 1.54) is 27.9 Å². The molecule has 0 fully saturated rings. The second-order valence-electron chi connectivity index (χ2n) is 4.23. The topological polar surface area (TPSA) is 42.0 Å². The molecule has 3 rings (SSSR count). The van der Waals surface area contributed by atoms with Crippen LogP contribution in [0.25, 0.3) is 16.5 Å². The van der Waals surface area contributed by atoms with Gasteiger partial charge in [-0.2, -0.15) is 0 Å². The van der Waals surface area contributed by atoms with Gasteiger partial charge in [0.1, 0.15) is 0 Å². The molecule has 0 aliphatic rings. The van der Waals surface area contributed by atoms with Crippen molar-refractivity contribution >= 4 is 39.8 Å². The van der Waals surface area contributed by atoms with E-state index in [0.29, 0.717) is 5.13 Å². The minimum Gasteiger partial charge on any atom is -0.298 e. The number of thiazole rings is 1. The Hall–Kier alpha value is -2.24. The predicted octanol–water partition coefficient (Wildman–Crippen LogP) is 4.52. The highest BCUT2D eigenvalue weighted by molar-refractivity contribution is 7.16. The van der Waals surface area contributed by atoms with E-state index in [0.717, 1.165) is 4.88 Å². The lowest BCUT2D eigenvalue weighted by molar-refractivity contribution is -0.111. The van der Waals surface area contributed by atoms with Crippen molar-refractivity contribution in [1.29, 1.82) is 0 Å². The summed E-state index contributed by atoms with van der Waals surface area (Å²) in [6, 6.07) is 14.3. The van der Waals surface area contributed by atoms with Crippen LogP contribution in [0.3, 0.4) is 0 Å². The first-order valence-electron chi connectivity index (χ1n) is 6.35. The first-order valence-corrected chi connectivity index (χ1v) is 8.05.